The topological polar surface area (TPSA) is 37.3 Å². The SMILES string of the molecule is O=C(O)[C@H]1[C@H]2CC[C@]1(c1ccc(C(F)(F)F)cc1)C2. The third-order valence-corrected chi connectivity index (χ3v) is 4.71. The van der Waals surface area contributed by atoms with Crippen LogP contribution in [0.3, 0.4) is 0 Å². The smallest absolute Gasteiger partial charge is 0.416 e. The van der Waals surface area contributed by atoms with Crippen LogP contribution in [0.4, 0.5) is 13.2 Å². The van der Waals surface area contributed by atoms with Gasteiger partial charge < -0.3 is 5.11 Å². The standard InChI is InChI=1S/C14H13F3O2/c15-14(16,17)10-3-1-9(2-4-10)13-6-5-8(7-13)11(13)12(18)19/h1-4,8,11H,5-7H2,(H,18,19)/t8-,11+,13+/m0/s1. The van der Waals surface area contributed by atoms with E-state index in [1.807, 2.05) is 0 Å². The summed E-state index contributed by atoms with van der Waals surface area (Å²) in [5.74, 6) is -1.06. The molecule has 3 aliphatic rings. The van der Waals surface area contributed by atoms with Crippen molar-refractivity contribution < 1.29 is 23.1 Å². The molecule has 3 saturated carbocycles. The molecule has 19 heavy (non-hydrogen) atoms. The number of alkyl halides is 3. The van der Waals surface area contributed by atoms with Gasteiger partial charge in [-0.15, -0.1) is 0 Å². The summed E-state index contributed by atoms with van der Waals surface area (Å²) in [5.41, 5.74) is -0.379. The summed E-state index contributed by atoms with van der Waals surface area (Å²) in [6.45, 7) is 0. The fraction of sp³-hybridized carbons (Fsp3) is 0.500. The van der Waals surface area contributed by atoms with Gasteiger partial charge in [-0.1, -0.05) is 12.1 Å². The van der Waals surface area contributed by atoms with E-state index in [-0.39, 0.29) is 5.92 Å². The van der Waals surface area contributed by atoms with Gasteiger partial charge in [-0.05, 0) is 42.9 Å². The van der Waals surface area contributed by atoms with Crippen molar-refractivity contribution in [1.82, 2.24) is 0 Å². The lowest BCUT2D eigenvalue weighted by atomic mass is 9.57. The Bertz CT molecular complexity index is 516. The van der Waals surface area contributed by atoms with Gasteiger partial charge in [-0.2, -0.15) is 13.2 Å². The van der Waals surface area contributed by atoms with Gasteiger partial charge in [0.1, 0.15) is 0 Å². The van der Waals surface area contributed by atoms with Crippen LogP contribution in [-0.2, 0) is 16.4 Å². The summed E-state index contributed by atoms with van der Waals surface area (Å²) < 4.78 is 37.5. The molecule has 2 bridgehead atoms. The Morgan fingerprint density at radius 3 is 2.37 bits per heavy atom. The maximum absolute atomic E-state index is 12.5. The van der Waals surface area contributed by atoms with Crippen LogP contribution >= 0.6 is 0 Å². The highest BCUT2D eigenvalue weighted by atomic mass is 19.4. The summed E-state index contributed by atoms with van der Waals surface area (Å²) in [7, 11) is 0. The molecule has 0 radical (unpaired) electrons. The second-order valence-electron chi connectivity index (χ2n) is 5.55. The molecule has 102 valence electrons. The number of benzene rings is 1. The molecule has 1 aromatic rings. The molecular formula is C14H13F3O2. The number of aliphatic carboxylic acids is 1. The van der Waals surface area contributed by atoms with Crippen LogP contribution in [0, 0.1) is 11.8 Å². The highest BCUT2D eigenvalue weighted by Crippen LogP contribution is 2.64. The number of carboxylic acid groups (broad SMARTS) is 1. The molecule has 0 saturated heterocycles. The molecular weight excluding hydrogens is 257 g/mol. The molecule has 0 unspecified atom stereocenters. The van der Waals surface area contributed by atoms with Crippen molar-refractivity contribution in [2.24, 2.45) is 11.8 Å². The van der Waals surface area contributed by atoms with Gasteiger partial charge in [0.25, 0.3) is 0 Å². The van der Waals surface area contributed by atoms with Gasteiger partial charge in [-0.25, -0.2) is 0 Å². The minimum Gasteiger partial charge on any atom is -0.481 e. The number of hydrogen-bond acceptors (Lipinski definition) is 1. The van der Waals surface area contributed by atoms with Crippen molar-refractivity contribution in [3.8, 4) is 0 Å². The van der Waals surface area contributed by atoms with Crippen molar-refractivity contribution in [3.63, 3.8) is 0 Å². The third-order valence-electron chi connectivity index (χ3n) is 4.71. The largest absolute Gasteiger partial charge is 0.481 e. The van der Waals surface area contributed by atoms with Crippen molar-refractivity contribution in [1.29, 1.82) is 0 Å². The van der Waals surface area contributed by atoms with Crippen LogP contribution in [0.25, 0.3) is 0 Å². The predicted molar refractivity (Wildman–Crippen MR) is 61.6 cm³/mol. The lowest BCUT2D eigenvalue weighted by Crippen LogP contribution is -2.48. The second kappa shape index (κ2) is 3.74. The summed E-state index contributed by atoms with van der Waals surface area (Å²) in [4.78, 5) is 11.3. The van der Waals surface area contributed by atoms with Crippen LogP contribution in [0.15, 0.2) is 24.3 Å². The molecule has 1 N–H and O–H groups in total. The van der Waals surface area contributed by atoms with Crippen molar-refractivity contribution in [2.45, 2.75) is 30.9 Å². The minimum atomic E-state index is -4.35. The Morgan fingerprint density at radius 1 is 1.26 bits per heavy atom. The number of carboxylic acids is 1. The molecule has 0 heterocycles. The zero-order valence-electron chi connectivity index (χ0n) is 10.1. The first kappa shape index (κ1) is 12.5. The number of fused-ring (bicyclic) bond motifs is 1. The van der Waals surface area contributed by atoms with Gasteiger partial charge in [0.2, 0.25) is 0 Å². The quantitative estimate of drug-likeness (QED) is 0.893. The average Bonchev–Trinajstić information content (AvgIpc) is 2.86. The average molecular weight is 270 g/mol. The van der Waals surface area contributed by atoms with Crippen molar-refractivity contribution in [2.75, 3.05) is 0 Å². The van der Waals surface area contributed by atoms with E-state index >= 15 is 0 Å². The normalized spacial score (nSPS) is 33.0. The predicted octanol–water partition coefficient (Wildman–Crippen LogP) is 3.46. The van der Waals surface area contributed by atoms with Crippen LogP contribution in [0.1, 0.15) is 30.4 Å². The molecule has 0 spiro atoms. The van der Waals surface area contributed by atoms with Crippen molar-refractivity contribution >= 4 is 5.97 Å². The van der Waals surface area contributed by atoms with E-state index in [0.29, 0.717) is 0 Å². The fourth-order valence-electron chi connectivity index (χ4n) is 3.84. The van der Waals surface area contributed by atoms with E-state index in [0.717, 1.165) is 37.0 Å². The molecule has 5 heteroatoms. The van der Waals surface area contributed by atoms with E-state index in [2.05, 4.69) is 0 Å². The lowest BCUT2D eigenvalue weighted by molar-refractivity contribution is -0.150. The molecule has 3 atom stereocenters. The van der Waals surface area contributed by atoms with E-state index in [9.17, 15) is 23.1 Å². The molecule has 1 aromatic carbocycles. The van der Waals surface area contributed by atoms with Gasteiger partial charge in [0.05, 0.1) is 11.5 Å². The fourth-order valence-corrected chi connectivity index (χ4v) is 3.84. The summed E-state index contributed by atoms with van der Waals surface area (Å²) >= 11 is 0. The zero-order chi connectivity index (χ0) is 13.8. The van der Waals surface area contributed by atoms with Gasteiger partial charge >= 0.3 is 12.1 Å². The highest BCUT2D eigenvalue weighted by molar-refractivity contribution is 5.75. The first-order valence-electron chi connectivity index (χ1n) is 6.25. The van der Waals surface area contributed by atoms with E-state index in [1.165, 1.54) is 12.1 Å². The molecule has 0 amide bonds. The Labute approximate surface area is 108 Å². The zero-order valence-corrected chi connectivity index (χ0v) is 10.1. The van der Waals surface area contributed by atoms with Crippen LogP contribution in [0.2, 0.25) is 0 Å². The van der Waals surface area contributed by atoms with Crippen LogP contribution in [-0.4, -0.2) is 11.1 Å². The highest BCUT2D eigenvalue weighted by Gasteiger charge is 2.62. The summed E-state index contributed by atoms with van der Waals surface area (Å²) in [6, 6.07) is 4.99. The number of carbonyl (C=O) groups is 1. The number of halogens is 3. The Kier molecular flexibility index (Phi) is 2.46. The maximum Gasteiger partial charge on any atom is 0.416 e. The number of rotatable bonds is 2. The van der Waals surface area contributed by atoms with Crippen molar-refractivity contribution in [3.05, 3.63) is 35.4 Å². The summed E-state index contributed by atoms with van der Waals surface area (Å²) in [6.07, 6.45) is -1.94. The van der Waals surface area contributed by atoms with E-state index < -0.39 is 29.0 Å². The molecule has 3 aliphatic carbocycles. The van der Waals surface area contributed by atoms with Gasteiger partial charge in [-0.3, -0.25) is 4.79 Å². The van der Waals surface area contributed by atoms with Gasteiger partial charge in [0, 0.05) is 5.41 Å². The van der Waals surface area contributed by atoms with E-state index in [4.69, 9.17) is 0 Å². The first-order chi connectivity index (χ1) is 8.84. The molecule has 2 nitrogen and oxygen atoms in total. The monoisotopic (exact) mass is 270 g/mol. The molecule has 3 fully saturated rings. The Balaban J connectivity index is 1.93. The summed E-state index contributed by atoms with van der Waals surface area (Å²) in [5, 5.41) is 9.24. The minimum absolute atomic E-state index is 0.194. The van der Waals surface area contributed by atoms with Crippen LogP contribution < -0.4 is 0 Å². The van der Waals surface area contributed by atoms with Gasteiger partial charge in [0.15, 0.2) is 0 Å². The molecule has 0 aliphatic heterocycles. The third kappa shape index (κ3) is 1.67. The molecule has 0 aromatic heterocycles. The van der Waals surface area contributed by atoms with E-state index in [1.54, 1.807) is 0 Å². The maximum atomic E-state index is 12.5. The molecule has 4 rings (SSSR count). The Hall–Kier alpha value is -1.52. The Morgan fingerprint density at radius 2 is 1.89 bits per heavy atom. The lowest BCUT2D eigenvalue weighted by Gasteiger charge is -2.45. The number of hydrogen-bond donors (Lipinski definition) is 1. The second-order valence-corrected chi connectivity index (χ2v) is 5.55. The van der Waals surface area contributed by atoms with Crippen LogP contribution in [0.5, 0.6) is 0 Å². The first-order valence-corrected chi connectivity index (χ1v) is 6.25.